The van der Waals surface area contributed by atoms with E-state index in [9.17, 15) is 0 Å². The van der Waals surface area contributed by atoms with Crippen molar-refractivity contribution in [2.24, 2.45) is 23.0 Å². The van der Waals surface area contributed by atoms with Gasteiger partial charge in [-0.2, -0.15) is 11.3 Å². The standard InChI is InChI=1S/C15H25NS/c1-11-4-5-13(14(16)8-11)15(2,3)9-12-6-7-17-10-12/h6-7,10-11,13-14H,4-5,8-9,16H2,1-3H3. The minimum atomic E-state index is 0.334. The lowest BCUT2D eigenvalue weighted by Gasteiger charge is -2.43. The number of thiophene rings is 1. The van der Waals surface area contributed by atoms with Gasteiger partial charge in [0.2, 0.25) is 0 Å². The number of hydrogen-bond acceptors (Lipinski definition) is 2. The third kappa shape index (κ3) is 3.11. The topological polar surface area (TPSA) is 26.0 Å². The van der Waals surface area contributed by atoms with Gasteiger partial charge in [-0.3, -0.25) is 0 Å². The van der Waals surface area contributed by atoms with Crippen LogP contribution in [-0.2, 0) is 6.42 Å². The lowest BCUT2D eigenvalue weighted by Crippen LogP contribution is -2.44. The van der Waals surface area contributed by atoms with E-state index in [0.29, 0.717) is 17.4 Å². The molecule has 1 fully saturated rings. The normalized spacial score (nSPS) is 30.5. The van der Waals surface area contributed by atoms with E-state index in [0.717, 1.165) is 5.92 Å². The molecule has 1 aliphatic carbocycles. The Morgan fingerprint density at radius 3 is 2.76 bits per heavy atom. The van der Waals surface area contributed by atoms with E-state index in [1.54, 1.807) is 11.3 Å². The van der Waals surface area contributed by atoms with Crippen LogP contribution in [0, 0.1) is 17.3 Å². The molecule has 17 heavy (non-hydrogen) atoms. The molecule has 0 amide bonds. The van der Waals surface area contributed by atoms with Gasteiger partial charge >= 0.3 is 0 Å². The number of hydrogen-bond donors (Lipinski definition) is 1. The molecule has 0 spiro atoms. The molecule has 0 radical (unpaired) electrons. The van der Waals surface area contributed by atoms with Crippen molar-refractivity contribution in [1.82, 2.24) is 0 Å². The highest BCUT2D eigenvalue weighted by Crippen LogP contribution is 2.41. The van der Waals surface area contributed by atoms with Gasteiger partial charge in [0.15, 0.2) is 0 Å². The van der Waals surface area contributed by atoms with E-state index in [-0.39, 0.29) is 0 Å². The summed E-state index contributed by atoms with van der Waals surface area (Å²) in [6, 6.07) is 2.65. The highest BCUT2D eigenvalue weighted by molar-refractivity contribution is 7.07. The van der Waals surface area contributed by atoms with E-state index >= 15 is 0 Å². The van der Waals surface area contributed by atoms with E-state index in [4.69, 9.17) is 5.73 Å². The van der Waals surface area contributed by atoms with Crippen LogP contribution < -0.4 is 5.73 Å². The molecule has 96 valence electrons. The second-order valence-corrected chi connectivity index (χ2v) is 7.27. The molecule has 1 nitrogen and oxygen atoms in total. The molecule has 0 saturated heterocycles. The second-order valence-electron chi connectivity index (χ2n) is 6.49. The zero-order valence-electron chi connectivity index (χ0n) is 11.3. The molecule has 1 saturated carbocycles. The molecule has 0 aliphatic heterocycles. The average molecular weight is 251 g/mol. The number of rotatable bonds is 3. The van der Waals surface area contributed by atoms with E-state index in [1.165, 1.54) is 31.2 Å². The summed E-state index contributed by atoms with van der Waals surface area (Å²) < 4.78 is 0. The first kappa shape index (κ1) is 13.1. The Kier molecular flexibility index (Phi) is 3.94. The summed E-state index contributed by atoms with van der Waals surface area (Å²) in [5.74, 6) is 1.50. The Hall–Kier alpha value is -0.340. The lowest BCUT2D eigenvalue weighted by molar-refractivity contribution is 0.113. The van der Waals surface area contributed by atoms with E-state index in [1.807, 2.05) is 0 Å². The van der Waals surface area contributed by atoms with Crippen LogP contribution in [0.5, 0.6) is 0 Å². The van der Waals surface area contributed by atoms with Crippen LogP contribution in [0.1, 0.15) is 45.6 Å². The summed E-state index contributed by atoms with van der Waals surface area (Å²) in [5.41, 5.74) is 8.20. The monoisotopic (exact) mass is 251 g/mol. The maximum absolute atomic E-state index is 6.39. The van der Waals surface area contributed by atoms with Crippen molar-refractivity contribution in [3.05, 3.63) is 22.4 Å². The molecular weight excluding hydrogens is 226 g/mol. The molecule has 0 aromatic carbocycles. The van der Waals surface area contributed by atoms with Crippen molar-refractivity contribution >= 4 is 11.3 Å². The van der Waals surface area contributed by atoms with Crippen molar-refractivity contribution < 1.29 is 0 Å². The molecule has 0 bridgehead atoms. The summed E-state index contributed by atoms with van der Waals surface area (Å²) in [5, 5.41) is 4.45. The van der Waals surface area contributed by atoms with Crippen LogP contribution >= 0.6 is 11.3 Å². The first-order valence-corrected chi connectivity index (χ1v) is 7.70. The molecule has 3 unspecified atom stereocenters. The summed E-state index contributed by atoms with van der Waals surface area (Å²) in [6.07, 6.45) is 5.03. The highest BCUT2D eigenvalue weighted by atomic mass is 32.1. The lowest BCUT2D eigenvalue weighted by atomic mass is 9.64. The summed E-state index contributed by atoms with van der Waals surface area (Å²) >= 11 is 1.80. The predicted octanol–water partition coefficient (Wildman–Crippen LogP) is 4.08. The van der Waals surface area contributed by atoms with E-state index < -0.39 is 0 Å². The third-order valence-corrected chi connectivity index (χ3v) is 5.14. The maximum atomic E-state index is 6.39. The van der Waals surface area contributed by atoms with Gasteiger partial charge in [-0.15, -0.1) is 0 Å². The Morgan fingerprint density at radius 1 is 1.41 bits per heavy atom. The predicted molar refractivity (Wildman–Crippen MR) is 76.3 cm³/mol. The minimum absolute atomic E-state index is 0.334. The first-order chi connectivity index (χ1) is 7.99. The molecular formula is C15H25NS. The van der Waals surface area contributed by atoms with Crippen molar-refractivity contribution in [2.45, 2.75) is 52.5 Å². The molecule has 2 N–H and O–H groups in total. The van der Waals surface area contributed by atoms with Gasteiger partial charge in [0.05, 0.1) is 0 Å². The quantitative estimate of drug-likeness (QED) is 0.860. The number of nitrogens with two attached hydrogens (primary N) is 1. The smallest absolute Gasteiger partial charge is 0.00749 e. The van der Waals surface area contributed by atoms with Gasteiger partial charge in [0, 0.05) is 6.04 Å². The fraction of sp³-hybridized carbons (Fsp3) is 0.733. The minimum Gasteiger partial charge on any atom is -0.327 e. The summed E-state index contributed by atoms with van der Waals surface area (Å²) in [4.78, 5) is 0. The van der Waals surface area contributed by atoms with Gasteiger partial charge in [-0.25, -0.2) is 0 Å². The van der Waals surface area contributed by atoms with Crippen LogP contribution in [0.2, 0.25) is 0 Å². The van der Waals surface area contributed by atoms with Gasteiger partial charge in [-0.1, -0.05) is 27.2 Å². The molecule has 2 heteroatoms. The second kappa shape index (κ2) is 5.11. The van der Waals surface area contributed by atoms with Gasteiger partial charge < -0.3 is 5.73 Å². The largest absolute Gasteiger partial charge is 0.327 e. The van der Waals surface area contributed by atoms with E-state index in [2.05, 4.69) is 37.6 Å². The highest BCUT2D eigenvalue weighted by Gasteiger charge is 2.37. The first-order valence-electron chi connectivity index (χ1n) is 6.75. The van der Waals surface area contributed by atoms with Crippen LogP contribution in [0.3, 0.4) is 0 Å². The summed E-state index contributed by atoms with van der Waals surface area (Å²) in [7, 11) is 0. The van der Waals surface area contributed by atoms with Crippen LogP contribution in [-0.4, -0.2) is 6.04 Å². The molecule has 1 heterocycles. The van der Waals surface area contributed by atoms with Crippen LogP contribution in [0.15, 0.2) is 16.8 Å². The van der Waals surface area contributed by atoms with Crippen LogP contribution in [0.25, 0.3) is 0 Å². The average Bonchev–Trinajstić information content (AvgIpc) is 2.68. The van der Waals surface area contributed by atoms with Crippen LogP contribution in [0.4, 0.5) is 0 Å². The Balaban J connectivity index is 2.04. The molecule has 1 aromatic rings. The third-order valence-electron chi connectivity index (χ3n) is 4.41. The fourth-order valence-corrected chi connectivity index (χ4v) is 4.11. The Morgan fingerprint density at radius 2 is 2.18 bits per heavy atom. The molecule has 1 aliphatic rings. The van der Waals surface area contributed by atoms with Crippen molar-refractivity contribution in [2.75, 3.05) is 0 Å². The van der Waals surface area contributed by atoms with Crippen molar-refractivity contribution in [3.63, 3.8) is 0 Å². The Labute approximate surface area is 109 Å². The Bertz CT molecular complexity index is 342. The van der Waals surface area contributed by atoms with Crippen molar-refractivity contribution in [1.29, 1.82) is 0 Å². The van der Waals surface area contributed by atoms with Gasteiger partial charge in [0.25, 0.3) is 0 Å². The van der Waals surface area contributed by atoms with Crippen molar-refractivity contribution in [3.8, 4) is 0 Å². The van der Waals surface area contributed by atoms with Gasteiger partial charge in [0.1, 0.15) is 0 Å². The SMILES string of the molecule is CC1CCC(C(C)(C)Cc2ccsc2)C(N)C1. The van der Waals surface area contributed by atoms with Gasteiger partial charge in [-0.05, 0) is 58.9 Å². The zero-order chi connectivity index (χ0) is 12.5. The molecule has 3 atom stereocenters. The summed E-state index contributed by atoms with van der Waals surface area (Å²) in [6.45, 7) is 7.12. The molecule has 1 aromatic heterocycles. The fourth-order valence-electron chi connectivity index (χ4n) is 3.45. The zero-order valence-corrected chi connectivity index (χ0v) is 12.1. The molecule has 2 rings (SSSR count). The maximum Gasteiger partial charge on any atom is 0.00749 e.